The van der Waals surface area contributed by atoms with Gasteiger partial charge in [-0.05, 0) is 20.8 Å². The minimum Gasteiger partial charge on any atom is -0.466 e. The van der Waals surface area contributed by atoms with Crippen molar-refractivity contribution in [2.24, 2.45) is 0 Å². The van der Waals surface area contributed by atoms with Crippen LogP contribution < -0.4 is 0 Å². The fraction of sp³-hybridized carbons (Fsp3) is 0.667. The van der Waals surface area contributed by atoms with Crippen molar-refractivity contribution in [2.45, 2.75) is 57.8 Å². The van der Waals surface area contributed by atoms with Gasteiger partial charge in [0.2, 0.25) is 11.2 Å². The number of ether oxygens (including phenoxy) is 2. The molecule has 0 spiro atoms. The standard InChI is InChI=1S/C13H21NO5.C7H9NO2.CH4/c1-7-13(17,10(15)18-6)8-9-14(5)11(16)19-12(2,3)4;1-3-7(10)4-5-8(2)6(7)9;/h1,17H,8-9H2,2-6H3;1,10H,4-5H2,2H3;1H4. The highest BCUT2D eigenvalue weighted by molar-refractivity contribution is 5.90. The van der Waals surface area contributed by atoms with Crippen molar-refractivity contribution in [1.82, 2.24) is 9.80 Å². The molecule has 0 aromatic rings. The summed E-state index contributed by atoms with van der Waals surface area (Å²) in [4.78, 5) is 36.6. The first-order valence-electron chi connectivity index (χ1n) is 8.84. The number of carbonyl (C=O) groups is 3. The van der Waals surface area contributed by atoms with Crippen LogP contribution in [0.3, 0.4) is 0 Å². The van der Waals surface area contributed by atoms with Gasteiger partial charge in [-0.25, -0.2) is 9.59 Å². The fourth-order valence-corrected chi connectivity index (χ4v) is 2.15. The zero-order valence-electron chi connectivity index (χ0n) is 17.8. The lowest BCUT2D eigenvalue weighted by Crippen LogP contribution is -2.43. The van der Waals surface area contributed by atoms with Gasteiger partial charge >= 0.3 is 12.1 Å². The normalized spacial score (nSPS) is 19.7. The summed E-state index contributed by atoms with van der Waals surface area (Å²) in [5, 5.41) is 19.2. The molecule has 0 aromatic heterocycles. The van der Waals surface area contributed by atoms with Crippen molar-refractivity contribution in [3.05, 3.63) is 0 Å². The van der Waals surface area contributed by atoms with Crippen LogP contribution in [0.25, 0.3) is 0 Å². The third kappa shape index (κ3) is 8.32. The second-order valence-corrected chi connectivity index (χ2v) is 7.63. The molecule has 1 fully saturated rings. The molecule has 2 amide bonds. The molecule has 30 heavy (non-hydrogen) atoms. The molecule has 0 radical (unpaired) electrons. The molecule has 2 N–H and O–H groups in total. The zero-order chi connectivity index (χ0) is 23.0. The first kappa shape index (κ1) is 29.5. The Bertz CT molecular complexity index is 702. The van der Waals surface area contributed by atoms with Crippen molar-refractivity contribution >= 4 is 18.0 Å². The van der Waals surface area contributed by atoms with Crippen molar-refractivity contribution in [1.29, 1.82) is 0 Å². The van der Waals surface area contributed by atoms with Crippen LogP contribution >= 0.6 is 0 Å². The van der Waals surface area contributed by atoms with Gasteiger partial charge in [0.15, 0.2) is 0 Å². The number of carbonyl (C=O) groups excluding carboxylic acids is 3. The number of likely N-dealkylation sites (N-methyl/N-ethyl adjacent to an activating group) is 1. The first-order valence-corrected chi connectivity index (χ1v) is 8.84. The summed E-state index contributed by atoms with van der Waals surface area (Å²) in [6.07, 6.45) is 9.74. The Kier molecular flexibility index (Phi) is 11.2. The van der Waals surface area contributed by atoms with E-state index >= 15 is 0 Å². The van der Waals surface area contributed by atoms with E-state index in [1.54, 1.807) is 27.8 Å². The lowest BCUT2D eigenvalue weighted by atomic mass is 10.0. The van der Waals surface area contributed by atoms with Gasteiger partial charge < -0.3 is 29.5 Å². The number of terminal acetylenes is 2. The Balaban J connectivity index is 0. The number of hydrogen-bond acceptors (Lipinski definition) is 7. The predicted octanol–water partition coefficient (Wildman–Crippen LogP) is 0.630. The minimum absolute atomic E-state index is 0. The summed E-state index contributed by atoms with van der Waals surface area (Å²) < 4.78 is 9.54. The van der Waals surface area contributed by atoms with Crippen LogP contribution in [-0.2, 0) is 19.1 Å². The van der Waals surface area contributed by atoms with Crippen LogP contribution in [0.5, 0.6) is 0 Å². The largest absolute Gasteiger partial charge is 0.466 e. The Morgan fingerprint density at radius 1 is 1.33 bits per heavy atom. The van der Waals surface area contributed by atoms with Gasteiger partial charge in [0.25, 0.3) is 5.91 Å². The summed E-state index contributed by atoms with van der Waals surface area (Å²) in [6.45, 7) is 5.82. The fourth-order valence-electron chi connectivity index (χ4n) is 2.15. The maximum atomic E-state index is 11.7. The van der Waals surface area contributed by atoms with E-state index in [0.29, 0.717) is 13.0 Å². The summed E-state index contributed by atoms with van der Waals surface area (Å²) in [7, 11) is 4.24. The summed E-state index contributed by atoms with van der Waals surface area (Å²) in [5.74, 6) is 2.77. The Morgan fingerprint density at radius 3 is 2.17 bits per heavy atom. The van der Waals surface area contributed by atoms with Gasteiger partial charge in [0.05, 0.1) is 7.11 Å². The quantitative estimate of drug-likeness (QED) is 0.500. The molecule has 0 aromatic carbocycles. The Hall–Kier alpha value is -2.75. The van der Waals surface area contributed by atoms with Gasteiger partial charge in [-0.2, -0.15) is 0 Å². The third-order valence-electron chi connectivity index (χ3n) is 4.02. The van der Waals surface area contributed by atoms with Crippen LogP contribution in [0.1, 0.15) is 41.0 Å². The molecule has 1 saturated heterocycles. The number of hydrogen-bond donors (Lipinski definition) is 2. The van der Waals surface area contributed by atoms with Crippen LogP contribution in [0.15, 0.2) is 0 Å². The highest BCUT2D eigenvalue weighted by Crippen LogP contribution is 2.19. The number of rotatable bonds is 4. The van der Waals surface area contributed by atoms with Crippen molar-refractivity contribution in [3.8, 4) is 24.7 Å². The Morgan fingerprint density at radius 2 is 1.87 bits per heavy atom. The topological polar surface area (TPSA) is 117 Å². The van der Waals surface area contributed by atoms with E-state index in [9.17, 15) is 24.6 Å². The average Bonchev–Trinajstić information content (AvgIpc) is 2.92. The second kappa shape index (κ2) is 11.4. The van der Waals surface area contributed by atoms with Gasteiger partial charge in [-0.3, -0.25) is 4.79 Å². The second-order valence-electron chi connectivity index (χ2n) is 7.63. The summed E-state index contributed by atoms with van der Waals surface area (Å²) in [5.41, 5.74) is -4.17. The molecule has 0 aliphatic carbocycles. The molecule has 1 aliphatic heterocycles. The molecule has 0 bridgehead atoms. The lowest BCUT2D eigenvalue weighted by molar-refractivity contribution is -0.157. The van der Waals surface area contributed by atoms with Gasteiger partial charge in [-0.15, -0.1) is 12.8 Å². The molecule has 2 atom stereocenters. The highest BCUT2D eigenvalue weighted by atomic mass is 16.6. The van der Waals surface area contributed by atoms with Crippen LogP contribution in [0.4, 0.5) is 4.79 Å². The number of nitrogens with zero attached hydrogens (tertiary/aromatic N) is 2. The third-order valence-corrected chi connectivity index (χ3v) is 4.02. The monoisotopic (exact) mass is 426 g/mol. The van der Waals surface area contributed by atoms with Crippen molar-refractivity contribution < 1.29 is 34.1 Å². The summed E-state index contributed by atoms with van der Waals surface area (Å²) >= 11 is 0. The molecule has 1 heterocycles. The lowest BCUT2D eigenvalue weighted by Gasteiger charge is -2.26. The molecular weight excluding hydrogens is 392 g/mol. The van der Waals surface area contributed by atoms with Crippen LogP contribution in [-0.4, -0.2) is 89.1 Å². The van der Waals surface area contributed by atoms with Crippen molar-refractivity contribution in [2.75, 3.05) is 34.3 Å². The molecule has 9 nitrogen and oxygen atoms in total. The first-order chi connectivity index (χ1) is 13.2. The minimum atomic E-state index is -2.04. The molecule has 9 heteroatoms. The SMILES string of the molecule is C.C#CC(O)(CCN(C)C(=O)OC(C)(C)C)C(=O)OC.C#CC1(O)CCN(C)C1=O. The summed E-state index contributed by atoms with van der Waals surface area (Å²) in [6, 6.07) is 0. The van der Waals surface area contributed by atoms with E-state index in [1.165, 1.54) is 16.8 Å². The number of likely N-dealkylation sites (tertiary alicyclic amines) is 1. The smallest absolute Gasteiger partial charge is 0.410 e. The van der Waals surface area contributed by atoms with Gasteiger partial charge in [-0.1, -0.05) is 19.3 Å². The van der Waals surface area contributed by atoms with E-state index in [1.807, 2.05) is 5.92 Å². The molecule has 0 saturated carbocycles. The van der Waals surface area contributed by atoms with E-state index in [-0.39, 0.29) is 26.3 Å². The molecule has 1 aliphatic rings. The highest BCUT2D eigenvalue weighted by Gasteiger charge is 2.41. The number of methoxy groups -OCH3 is 1. The van der Waals surface area contributed by atoms with Crippen molar-refractivity contribution in [3.63, 3.8) is 0 Å². The average molecular weight is 427 g/mol. The predicted molar refractivity (Wildman–Crippen MR) is 112 cm³/mol. The molecule has 2 unspecified atom stereocenters. The zero-order valence-corrected chi connectivity index (χ0v) is 17.8. The van der Waals surface area contributed by atoms with Crippen LogP contribution in [0.2, 0.25) is 0 Å². The van der Waals surface area contributed by atoms with Crippen LogP contribution in [0, 0.1) is 24.7 Å². The van der Waals surface area contributed by atoms with E-state index in [4.69, 9.17) is 17.6 Å². The molecule has 1 rings (SSSR count). The van der Waals surface area contributed by atoms with E-state index in [2.05, 4.69) is 10.7 Å². The Labute approximate surface area is 179 Å². The molecule has 170 valence electrons. The number of esters is 1. The van der Waals surface area contributed by atoms with E-state index < -0.39 is 28.9 Å². The maximum absolute atomic E-state index is 11.7. The maximum Gasteiger partial charge on any atom is 0.410 e. The van der Waals surface area contributed by atoms with E-state index in [0.717, 1.165) is 7.11 Å². The van der Waals surface area contributed by atoms with Gasteiger partial charge in [0, 0.05) is 40.0 Å². The number of aliphatic hydroxyl groups is 2. The number of amides is 2. The van der Waals surface area contributed by atoms with Gasteiger partial charge in [0.1, 0.15) is 5.60 Å². The molecular formula is C21H34N2O7.